The normalized spacial score (nSPS) is 11.3. The lowest BCUT2D eigenvalue weighted by molar-refractivity contribution is 0.453. The van der Waals surface area contributed by atoms with Crippen molar-refractivity contribution in [1.82, 2.24) is 0 Å². The molecule has 0 amide bonds. The maximum Gasteiger partial charge on any atom is 0.175 e. The number of hydrogen-bond donors (Lipinski definition) is 1. The number of fused-ring (bicyclic) bond motifs is 1. The molecule has 2 aromatic rings. The Balaban J connectivity index is 2.68. The van der Waals surface area contributed by atoms with E-state index in [4.69, 9.17) is 4.42 Å². The van der Waals surface area contributed by atoms with Crippen molar-refractivity contribution >= 4 is 11.0 Å². The first kappa shape index (κ1) is 8.17. The van der Waals surface area contributed by atoms with E-state index in [1.54, 1.807) is 6.07 Å². The van der Waals surface area contributed by atoms with Crippen LogP contribution in [0.4, 0.5) is 0 Å². The maximum atomic E-state index is 9.47. The van der Waals surface area contributed by atoms with Crippen molar-refractivity contribution in [3.63, 3.8) is 0 Å². The summed E-state index contributed by atoms with van der Waals surface area (Å²) in [7, 11) is 0. The zero-order chi connectivity index (χ0) is 9.42. The number of para-hydroxylation sites is 1. The van der Waals surface area contributed by atoms with Gasteiger partial charge in [0.1, 0.15) is 5.76 Å². The molecule has 1 heterocycles. The quantitative estimate of drug-likeness (QED) is 0.723. The van der Waals surface area contributed by atoms with E-state index in [-0.39, 0.29) is 5.75 Å². The first-order valence-electron chi connectivity index (χ1n) is 4.40. The molecular weight excluding hydrogens is 164 g/mol. The van der Waals surface area contributed by atoms with E-state index in [1.165, 1.54) is 0 Å². The molecule has 1 aromatic carbocycles. The van der Waals surface area contributed by atoms with Gasteiger partial charge in [0.05, 0.1) is 0 Å². The molecule has 13 heavy (non-hydrogen) atoms. The van der Waals surface area contributed by atoms with Crippen LogP contribution in [0.25, 0.3) is 11.0 Å². The van der Waals surface area contributed by atoms with Gasteiger partial charge in [0.15, 0.2) is 11.3 Å². The Morgan fingerprint density at radius 1 is 1.31 bits per heavy atom. The largest absolute Gasteiger partial charge is 0.504 e. The Morgan fingerprint density at radius 3 is 2.69 bits per heavy atom. The van der Waals surface area contributed by atoms with E-state index >= 15 is 0 Å². The fourth-order valence-electron chi connectivity index (χ4n) is 1.35. The van der Waals surface area contributed by atoms with Crippen LogP contribution in [0.2, 0.25) is 0 Å². The molecule has 68 valence electrons. The summed E-state index contributed by atoms with van der Waals surface area (Å²) in [4.78, 5) is 0. The number of hydrogen-bond acceptors (Lipinski definition) is 2. The molecule has 2 heteroatoms. The molecule has 1 aromatic heterocycles. The Bertz CT molecular complexity index is 427. The van der Waals surface area contributed by atoms with Crippen molar-refractivity contribution in [3.8, 4) is 5.75 Å². The second-order valence-electron chi connectivity index (χ2n) is 3.50. The molecule has 0 radical (unpaired) electrons. The van der Waals surface area contributed by atoms with Crippen LogP contribution in [-0.2, 0) is 0 Å². The van der Waals surface area contributed by atoms with Crippen LogP contribution in [0.5, 0.6) is 5.75 Å². The molecule has 0 aliphatic carbocycles. The van der Waals surface area contributed by atoms with Crippen molar-refractivity contribution < 1.29 is 9.52 Å². The summed E-state index contributed by atoms with van der Waals surface area (Å²) in [5, 5.41) is 10.4. The van der Waals surface area contributed by atoms with E-state index in [0.29, 0.717) is 11.5 Å². The highest BCUT2D eigenvalue weighted by atomic mass is 16.4. The average molecular weight is 176 g/mol. The second-order valence-corrected chi connectivity index (χ2v) is 3.50. The van der Waals surface area contributed by atoms with Gasteiger partial charge in [-0.3, -0.25) is 0 Å². The predicted octanol–water partition coefficient (Wildman–Crippen LogP) is 3.26. The van der Waals surface area contributed by atoms with E-state index in [0.717, 1.165) is 11.1 Å². The van der Waals surface area contributed by atoms with Crippen molar-refractivity contribution in [2.75, 3.05) is 0 Å². The lowest BCUT2D eigenvalue weighted by Crippen LogP contribution is -1.79. The molecule has 0 aliphatic rings. The smallest absolute Gasteiger partial charge is 0.175 e. The van der Waals surface area contributed by atoms with Crippen LogP contribution in [0.1, 0.15) is 25.5 Å². The number of benzene rings is 1. The van der Waals surface area contributed by atoms with Crippen LogP contribution < -0.4 is 0 Å². The third-order valence-corrected chi connectivity index (χ3v) is 2.11. The topological polar surface area (TPSA) is 33.4 Å². The van der Waals surface area contributed by atoms with Gasteiger partial charge in [0.25, 0.3) is 0 Å². The van der Waals surface area contributed by atoms with Crippen molar-refractivity contribution in [2.45, 2.75) is 19.8 Å². The molecule has 0 spiro atoms. The highest BCUT2D eigenvalue weighted by Crippen LogP contribution is 2.30. The summed E-state index contributed by atoms with van der Waals surface area (Å²) in [6, 6.07) is 7.36. The number of furan rings is 1. The summed E-state index contributed by atoms with van der Waals surface area (Å²) in [5.74, 6) is 1.48. The highest BCUT2D eigenvalue weighted by molar-refractivity contribution is 5.83. The van der Waals surface area contributed by atoms with Gasteiger partial charge in [-0.15, -0.1) is 0 Å². The van der Waals surface area contributed by atoms with Gasteiger partial charge in [0.2, 0.25) is 0 Å². The molecule has 2 rings (SSSR count). The first-order chi connectivity index (χ1) is 6.18. The Kier molecular flexibility index (Phi) is 1.76. The SMILES string of the molecule is CC(C)c1cc2cccc(O)c2o1. The Morgan fingerprint density at radius 2 is 2.08 bits per heavy atom. The van der Waals surface area contributed by atoms with Crippen molar-refractivity contribution in [1.29, 1.82) is 0 Å². The van der Waals surface area contributed by atoms with E-state index in [9.17, 15) is 5.11 Å². The third kappa shape index (κ3) is 1.28. The van der Waals surface area contributed by atoms with Gasteiger partial charge in [-0.2, -0.15) is 0 Å². The Labute approximate surface area is 76.8 Å². The van der Waals surface area contributed by atoms with Crippen LogP contribution in [0.3, 0.4) is 0 Å². The summed E-state index contributed by atoms with van der Waals surface area (Å²) < 4.78 is 5.51. The summed E-state index contributed by atoms with van der Waals surface area (Å²) in [6.07, 6.45) is 0. The predicted molar refractivity (Wildman–Crippen MR) is 52.0 cm³/mol. The summed E-state index contributed by atoms with van der Waals surface area (Å²) in [5.41, 5.74) is 0.589. The molecule has 0 fully saturated rings. The number of phenols is 1. The fraction of sp³-hybridized carbons (Fsp3) is 0.273. The minimum atomic E-state index is 0.212. The lowest BCUT2D eigenvalue weighted by atomic mass is 10.1. The van der Waals surface area contributed by atoms with Gasteiger partial charge in [0, 0.05) is 11.3 Å². The van der Waals surface area contributed by atoms with E-state index < -0.39 is 0 Å². The van der Waals surface area contributed by atoms with Gasteiger partial charge in [-0.1, -0.05) is 26.0 Å². The molecule has 0 saturated carbocycles. The first-order valence-corrected chi connectivity index (χ1v) is 4.40. The Hall–Kier alpha value is -1.44. The number of phenolic OH excluding ortho intramolecular Hbond substituents is 1. The molecule has 0 unspecified atom stereocenters. The highest BCUT2D eigenvalue weighted by Gasteiger charge is 2.09. The number of rotatable bonds is 1. The monoisotopic (exact) mass is 176 g/mol. The lowest BCUT2D eigenvalue weighted by Gasteiger charge is -1.96. The summed E-state index contributed by atoms with van der Waals surface area (Å²) >= 11 is 0. The van der Waals surface area contributed by atoms with Crippen LogP contribution in [-0.4, -0.2) is 5.11 Å². The average Bonchev–Trinajstić information content (AvgIpc) is 2.49. The van der Waals surface area contributed by atoms with Gasteiger partial charge >= 0.3 is 0 Å². The zero-order valence-electron chi connectivity index (χ0n) is 7.74. The van der Waals surface area contributed by atoms with Crippen LogP contribution >= 0.6 is 0 Å². The van der Waals surface area contributed by atoms with Crippen LogP contribution in [0, 0.1) is 0 Å². The van der Waals surface area contributed by atoms with Gasteiger partial charge in [-0.05, 0) is 12.1 Å². The molecule has 1 N–H and O–H groups in total. The standard InChI is InChI=1S/C11H12O2/c1-7(2)10-6-8-4-3-5-9(12)11(8)13-10/h3-7,12H,1-2H3. The van der Waals surface area contributed by atoms with Crippen molar-refractivity contribution in [2.24, 2.45) is 0 Å². The molecule has 2 nitrogen and oxygen atoms in total. The van der Waals surface area contributed by atoms with Crippen molar-refractivity contribution in [3.05, 3.63) is 30.0 Å². The molecule has 0 aliphatic heterocycles. The van der Waals surface area contributed by atoms with Gasteiger partial charge < -0.3 is 9.52 Å². The van der Waals surface area contributed by atoms with E-state index in [2.05, 4.69) is 13.8 Å². The zero-order valence-corrected chi connectivity index (χ0v) is 7.74. The number of aromatic hydroxyl groups is 1. The van der Waals surface area contributed by atoms with E-state index in [1.807, 2.05) is 18.2 Å². The molecule has 0 saturated heterocycles. The minimum absolute atomic E-state index is 0.212. The fourth-order valence-corrected chi connectivity index (χ4v) is 1.35. The second kappa shape index (κ2) is 2.80. The summed E-state index contributed by atoms with van der Waals surface area (Å²) in [6.45, 7) is 4.13. The minimum Gasteiger partial charge on any atom is -0.504 e. The third-order valence-electron chi connectivity index (χ3n) is 2.11. The van der Waals surface area contributed by atoms with Gasteiger partial charge in [-0.25, -0.2) is 0 Å². The molecule has 0 atom stereocenters. The maximum absolute atomic E-state index is 9.47. The van der Waals surface area contributed by atoms with Crippen LogP contribution in [0.15, 0.2) is 28.7 Å². The molecule has 0 bridgehead atoms. The molecular formula is C11H12O2.